The van der Waals surface area contributed by atoms with Gasteiger partial charge in [0.1, 0.15) is 0 Å². The molecule has 1 fully saturated rings. The molecule has 1 atom stereocenters. The van der Waals surface area contributed by atoms with Gasteiger partial charge in [-0.1, -0.05) is 57.0 Å². The van der Waals surface area contributed by atoms with E-state index in [1.165, 1.54) is 24.8 Å². The molecule has 2 heteroatoms. The number of benzene rings is 1. The highest BCUT2D eigenvalue weighted by molar-refractivity contribution is 5.70. The molecule has 0 radical (unpaired) electrons. The van der Waals surface area contributed by atoms with Gasteiger partial charge in [-0.2, -0.15) is 0 Å². The van der Waals surface area contributed by atoms with Gasteiger partial charge >= 0.3 is 5.97 Å². The number of aryl methyl sites for hydroxylation is 1. The van der Waals surface area contributed by atoms with Crippen LogP contribution in [0.5, 0.6) is 0 Å². The van der Waals surface area contributed by atoms with Crippen LogP contribution in [0.4, 0.5) is 0 Å². The first-order valence-corrected chi connectivity index (χ1v) is 8.33. The molecular weight excluding hydrogens is 260 g/mol. The topological polar surface area (TPSA) is 37.3 Å². The maximum absolute atomic E-state index is 11.4. The molecule has 0 aromatic heterocycles. The lowest BCUT2D eigenvalue weighted by Gasteiger charge is -2.17. The first-order valence-electron chi connectivity index (χ1n) is 8.33. The zero-order valence-electron chi connectivity index (χ0n) is 14.0. The molecule has 2 rings (SSSR count). The molecule has 1 aliphatic carbocycles. The number of carbonyl (C=O) groups is 1. The van der Waals surface area contributed by atoms with Crippen molar-refractivity contribution in [3.8, 4) is 0 Å². The maximum atomic E-state index is 11.4. The zero-order valence-corrected chi connectivity index (χ0v) is 14.0. The summed E-state index contributed by atoms with van der Waals surface area (Å²) in [5, 5.41) is 9.38. The lowest BCUT2D eigenvalue weighted by atomic mass is 9.88. The normalized spacial score (nSPS) is 16.6. The standard InChI is InChI=1S/C17H24O2.C2H6/c1-3-17(10-11-17)9-8-15(16(18)19)12-14-6-4-13(2)5-7-14;1-2/h4-7,15H,3,8-12H2,1-2H3,(H,18,19);1-2H3. The first kappa shape index (κ1) is 17.7. The van der Waals surface area contributed by atoms with Crippen LogP contribution >= 0.6 is 0 Å². The molecule has 2 nitrogen and oxygen atoms in total. The minimum Gasteiger partial charge on any atom is -0.481 e. The molecule has 1 aromatic rings. The van der Waals surface area contributed by atoms with Gasteiger partial charge in [-0.25, -0.2) is 0 Å². The molecule has 1 aliphatic rings. The van der Waals surface area contributed by atoms with Crippen molar-refractivity contribution < 1.29 is 9.90 Å². The molecule has 118 valence electrons. The summed E-state index contributed by atoms with van der Waals surface area (Å²) in [6.07, 6.45) is 6.34. The highest BCUT2D eigenvalue weighted by Crippen LogP contribution is 2.52. The summed E-state index contributed by atoms with van der Waals surface area (Å²) in [6, 6.07) is 8.22. The number of carboxylic acid groups (broad SMARTS) is 1. The van der Waals surface area contributed by atoms with Gasteiger partial charge in [0.2, 0.25) is 0 Å². The third kappa shape index (κ3) is 5.53. The Labute approximate surface area is 129 Å². The van der Waals surface area contributed by atoms with Gasteiger partial charge in [0.15, 0.2) is 0 Å². The largest absolute Gasteiger partial charge is 0.481 e. The summed E-state index contributed by atoms with van der Waals surface area (Å²) in [5.41, 5.74) is 2.85. The Morgan fingerprint density at radius 1 is 1.24 bits per heavy atom. The molecule has 0 heterocycles. The highest BCUT2D eigenvalue weighted by atomic mass is 16.4. The molecule has 0 bridgehead atoms. The van der Waals surface area contributed by atoms with Gasteiger partial charge in [0.05, 0.1) is 5.92 Å². The van der Waals surface area contributed by atoms with Gasteiger partial charge < -0.3 is 5.11 Å². The summed E-state index contributed by atoms with van der Waals surface area (Å²) < 4.78 is 0. The predicted octanol–water partition coefficient (Wildman–Crippen LogP) is 5.23. The Morgan fingerprint density at radius 3 is 2.24 bits per heavy atom. The van der Waals surface area contributed by atoms with Crippen LogP contribution in [0, 0.1) is 18.3 Å². The molecule has 0 amide bonds. The number of hydrogen-bond acceptors (Lipinski definition) is 1. The lowest BCUT2D eigenvalue weighted by molar-refractivity contribution is -0.142. The van der Waals surface area contributed by atoms with Crippen molar-refractivity contribution >= 4 is 5.97 Å². The van der Waals surface area contributed by atoms with Crippen molar-refractivity contribution in [2.75, 3.05) is 0 Å². The average molecular weight is 290 g/mol. The van der Waals surface area contributed by atoms with E-state index in [9.17, 15) is 9.90 Å². The van der Waals surface area contributed by atoms with Crippen molar-refractivity contribution in [3.63, 3.8) is 0 Å². The fourth-order valence-corrected chi connectivity index (χ4v) is 2.76. The van der Waals surface area contributed by atoms with Crippen LogP contribution in [-0.4, -0.2) is 11.1 Å². The van der Waals surface area contributed by atoms with Gasteiger partial charge in [0, 0.05) is 0 Å². The monoisotopic (exact) mass is 290 g/mol. The quantitative estimate of drug-likeness (QED) is 0.746. The van der Waals surface area contributed by atoms with E-state index in [-0.39, 0.29) is 5.92 Å². The third-order valence-electron chi connectivity index (χ3n) is 4.68. The van der Waals surface area contributed by atoms with Crippen LogP contribution in [0.1, 0.15) is 64.0 Å². The van der Waals surface area contributed by atoms with Crippen molar-refractivity contribution in [2.24, 2.45) is 11.3 Å². The molecular formula is C19H30O2. The minimum absolute atomic E-state index is 0.230. The van der Waals surface area contributed by atoms with Crippen LogP contribution in [0.25, 0.3) is 0 Å². The summed E-state index contributed by atoms with van der Waals surface area (Å²) in [7, 11) is 0. The van der Waals surface area contributed by atoms with E-state index in [4.69, 9.17) is 0 Å². The van der Waals surface area contributed by atoms with Crippen LogP contribution in [0.15, 0.2) is 24.3 Å². The molecule has 1 aromatic carbocycles. The van der Waals surface area contributed by atoms with Gasteiger partial charge in [-0.3, -0.25) is 4.79 Å². The smallest absolute Gasteiger partial charge is 0.306 e. The lowest BCUT2D eigenvalue weighted by Crippen LogP contribution is -2.18. The Balaban J connectivity index is 0.00000106. The molecule has 1 N–H and O–H groups in total. The predicted molar refractivity (Wildman–Crippen MR) is 88.5 cm³/mol. The van der Waals surface area contributed by atoms with E-state index in [0.29, 0.717) is 11.8 Å². The van der Waals surface area contributed by atoms with Crippen molar-refractivity contribution in [1.82, 2.24) is 0 Å². The van der Waals surface area contributed by atoms with E-state index in [1.54, 1.807) is 0 Å². The Hall–Kier alpha value is -1.31. The zero-order chi connectivity index (χ0) is 15.9. The van der Waals surface area contributed by atoms with Crippen LogP contribution in [0.3, 0.4) is 0 Å². The average Bonchev–Trinajstić information content (AvgIpc) is 3.28. The summed E-state index contributed by atoms with van der Waals surface area (Å²) in [5.74, 6) is -0.876. The van der Waals surface area contributed by atoms with Crippen LogP contribution in [0.2, 0.25) is 0 Å². The van der Waals surface area contributed by atoms with Crippen molar-refractivity contribution in [2.45, 2.75) is 66.2 Å². The fraction of sp³-hybridized carbons (Fsp3) is 0.632. The van der Waals surface area contributed by atoms with E-state index in [0.717, 1.165) is 18.4 Å². The fourth-order valence-electron chi connectivity index (χ4n) is 2.76. The third-order valence-corrected chi connectivity index (χ3v) is 4.68. The van der Waals surface area contributed by atoms with Crippen molar-refractivity contribution in [1.29, 1.82) is 0 Å². The maximum Gasteiger partial charge on any atom is 0.306 e. The summed E-state index contributed by atoms with van der Waals surface area (Å²) in [4.78, 5) is 11.4. The molecule has 1 saturated carbocycles. The summed E-state index contributed by atoms with van der Waals surface area (Å²) >= 11 is 0. The SMILES string of the molecule is CC.CCC1(CCC(Cc2ccc(C)cc2)C(=O)O)CC1. The van der Waals surface area contributed by atoms with Crippen LogP contribution in [-0.2, 0) is 11.2 Å². The highest BCUT2D eigenvalue weighted by Gasteiger charge is 2.40. The van der Waals surface area contributed by atoms with E-state index >= 15 is 0 Å². The second-order valence-corrected chi connectivity index (χ2v) is 6.12. The van der Waals surface area contributed by atoms with E-state index in [2.05, 4.69) is 38.1 Å². The first-order chi connectivity index (χ1) is 10.0. The number of hydrogen-bond donors (Lipinski definition) is 1. The summed E-state index contributed by atoms with van der Waals surface area (Å²) in [6.45, 7) is 8.28. The van der Waals surface area contributed by atoms with Gasteiger partial charge in [-0.05, 0) is 50.0 Å². The molecule has 0 spiro atoms. The van der Waals surface area contributed by atoms with Crippen molar-refractivity contribution in [3.05, 3.63) is 35.4 Å². The Kier molecular flexibility index (Phi) is 6.94. The van der Waals surface area contributed by atoms with E-state index < -0.39 is 5.97 Å². The molecule has 0 aliphatic heterocycles. The molecule has 1 unspecified atom stereocenters. The van der Waals surface area contributed by atoms with Gasteiger partial charge in [0.25, 0.3) is 0 Å². The van der Waals surface area contributed by atoms with E-state index in [1.807, 2.05) is 13.8 Å². The Bertz CT molecular complexity index is 429. The number of carboxylic acids is 1. The minimum atomic E-state index is -0.646. The number of aliphatic carboxylic acids is 1. The number of rotatable bonds is 7. The second kappa shape index (κ2) is 8.21. The second-order valence-electron chi connectivity index (χ2n) is 6.12. The van der Waals surface area contributed by atoms with Gasteiger partial charge in [-0.15, -0.1) is 0 Å². The molecule has 0 saturated heterocycles. The molecule has 21 heavy (non-hydrogen) atoms. The Morgan fingerprint density at radius 2 is 1.81 bits per heavy atom. The van der Waals surface area contributed by atoms with Crippen LogP contribution < -0.4 is 0 Å².